The van der Waals surface area contributed by atoms with E-state index < -0.39 is 0 Å². The fourth-order valence-electron chi connectivity index (χ4n) is 6.83. The van der Waals surface area contributed by atoms with Gasteiger partial charge in [-0.25, -0.2) is 0 Å². The first-order valence-electron chi connectivity index (χ1n) is 14.4. The summed E-state index contributed by atoms with van der Waals surface area (Å²) in [5.41, 5.74) is 8.83. The van der Waals surface area contributed by atoms with Crippen LogP contribution in [0.3, 0.4) is 0 Å². The van der Waals surface area contributed by atoms with Gasteiger partial charge in [0.1, 0.15) is 0 Å². The summed E-state index contributed by atoms with van der Waals surface area (Å²) >= 11 is 1.90. The molecule has 0 atom stereocenters. The molecular formula is C40H25NS. The van der Waals surface area contributed by atoms with Gasteiger partial charge in [0, 0.05) is 21.2 Å². The molecule has 196 valence electrons. The predicted molar refractivity (Wildman–Crippen MR) is 182 cm³/mol. The Bertz CT molecular complexity index is 2390. The minimum Gasteiger partial charge on any atom is -0.308 e. The van der Waals surface area contributed by atoms with E-state index in [4.69, 9.17) is 0 Å². The Hall–Kier alpha value is -5.18. The molecule has 0 aliphatic rings. The van der Waals surface area contributed by atoms with E-state index in [2.05, 4.69) is 156 Å². The first-order valence-corrected chi connectivity index (χ1v) is 15.2. The Morgan fingerprint density at radius 2 is 0.929 bits per heavy atom. The second kappa shape index (κ2) is 9.17. The molecule has 0 spiro atoms. The number of fused-ring (bicyclic) bond motifs is 7. The van der Waals surface area contributed by atoms with Crippen molar-refractivity contribution in [1.29, 1.82) is 0 Å². The zero-order valence-electron chi connectivity index (χ0n) is 22.8. The van der Waals surface area contributed by atoms with Crippen molar-refractivity contribution in [1.82, 2.24) is 4.57 Å². The maximum Gasteiger partial charge on any atom is 0.0727 e. The standard InChI is InChI=1S/C40H25NS/c1-3-13-26(14-4-1)37-29-17-7-9-19-31(29)38(32-20-10-8-18-30(32)37)27-23-24-36-34(25-27)39-40(42-36)33-21-11-12-22-35(33)41(39)28-15-5-2-6-16-28/h1-25H. The summed E-state index contributed by atoms with van der Waals surface area (Å²) in [7, 11) is 0. The summed E-state index contributed by atoms with van der Waals surface area (Å²) in [5.74, 6) is 0. The van der Waals surface area contributed by atoms with E-state index in [1.54, 1.807) is 0 Å². The summed E-state index contributed by atoms with van der Waals surface area (Å²) in [5, 5.41) is 7.74. The van der Waals surface area contributed by atoms with Gasteiger partial charge in [0.25, 0.3) is 0 Å². The first kappa shape index (κ1) is 23.5. The lowest BCUT2D eigenvalue weighted by Gasteiger charge is -2.18. The maximum absolute atomic E-state index is 2.45. The fraction of sp³-hybridized carbons (Fsp3) is 0. The summed E-state index contributed by atoms with van der Waals surface area (Å²) < 4.78 is 5.10. The van der Waals surface area contributed by atoms with Gasteiger partial charge in [-0.05, 0) is 74.1 Å². The average Bonchev–Trinajstić information content (AvgIpc) is 3.59. The van der Waals surface area contributed by atoms with Crippen LogP contribution in [0.25, 0.3) is 80.7 Å². The molecule has 0 saturated carbocycles. The van der Waals surface area contributed by atoms with Crippen molar-refractivity contribution in [2.24, 2.45) is 0 Å². The third-order valence-corrected chi connectivity index (χ3v) is 9.77. The topological polar surface area (TPSA) is 4.93 Å². The maximum atomic E-state index is 2.45. The minimum atomic E-state index is 1.19. The van der Waals surface area contributed by atoms with Gasteiger partial charge < -0.3 is 4.57 Å². The predicted octanol–water partition coefficient (Wildman–Crippen LogP) is 11.6. The largest absolute Gasteiger partial charge is 0.308 e. The van der Waals surface area contributed by atoms with Crippen LogP contribution in [0.1, 0.15) is 0 Å². The number of thiophene rings is 1. The third-order valence-electron chi connectivity index (χ3n) is 8.57. The number of hydrogen-bond donors (Lipinski definition) is 0. The van der Waals surface area contributed by atoms with Crippen molar-refractivity contribution >= 4 is 64.1 Å². The van der Waals surface area contributed by atoms with E-state index in [9.17, 15) is 0 Å². The van der Waals surface area contributed by atoms with Crippen LogP contribution in [0.15, 0.2) is 152 Å². The molecule has 2 heteroatoms. The quantitative estimate of drug-likeness (QED) is 0.192. The molecule has 0 fully saturated rings. The molecule has 0 aliphatic heterocycles. The normalized spacial score (nSPS) is 11.8. The number of nitrogens with zero attached hydrogens (tertiary/aromatic N) is 1. The summed E-state index contributed by atoms with van der Waals surface area (Å²) in [6, 6.07) is 55.3. The third kappa shape index (κ3) is 3.36. The molecule has 0 N–H and O–H groups in total. The molecular weight excluding hydrogens is 527 g/mol. The fourth-order valence-corrected chi connectivity index (χ4v) is 8.03. The Morgan fingerprint density at radius 3 is 1.57 bits per heavy atom. The Morgan fingerprint density at radius 1 is 0.405 bits per heavy atom. The van der Waals surface area contributed by atoms with Crippen molar-refractivity contribution in [3.8, 4) is 27.9 Å². The smallest absolute Gasteiger partial charge is 0.0727 e. The molecule has 0 radical (unpaired) electrons. The molecule has 0 unspecified atom stereocenters. The van der Waals surface area contributed by atoms with E-state index in [0.717, 1.165) is 0 Å². The van der Waals surface area contributed by atoms with Gasteiger partial charge in [0.15, 0.2) is 0 Å². The number of para-hydroxylation sites is 2. The van der Waals surface area contributed by atoms with Crippen molar-refractivity contribution in [2.45, 2.75) is 0 Å². The molecule has 2 heterocycles. The van der Waals surface area contributed by atoms with Crippen LogP contribution < -0.4 is 0 Å². The number of benzene rings is 7. The lowest BCUT2D eigenvalue weighted by Crippen LogP contribution is -1.93. The van der Waals surface area contributed by atoms with Crippen molar-refractivity contribution in [2.75, 3.05) is 0 Å². The van der Waals surface area contributed by atoms with E-state index >= 15 is 0 Å². The number of hydrogen-bond acceptors (Lipinski definition) is 1. The monoisotopic (exact) mass is 551 g/mol. The van der Waals surface area contributed by atoms with E-state index in [-0.39, 0.29) is 0 Å². The highest BCUT2D eigenvalue weighted by molar-refractivity contribution is 7.26. The SMILES string of the molecule is c1ccc(-c2c3ccccc3c(-c3ccc4sc5c6ccccc6n(-c6ccccc6)c5c4c3)c3ccccc23)cc1. The van der Waals surface area contributed by atoms with E-state index in [1.807, 2.05) is 11.3 Å². The molecule has 0 amide bonds. The molecule has 0 bridgehead atoms. The van der Waals surface area contributed by atoms with Gasteiger partial charge in [-0.3, -0.25) is 0 Å². The van der Waals surface area contributed by atoms with Crippen molar-refractivity contribution < 1.29 is 0 Å². The minimum absolute atomic E-state index is 1.19. The molecule has 42 heavy (non-hydrogen) atoms. The van der Waals surface area contributed by atoms with Crippen molar-refractivity contribution in [3.05, 3.63) is 152 Å². The lowest BCUT2D eigenvalue weighted by molar-refractivity contribution is 1.19. The van der Waals surface area contributed by atoms with Crippen LogP contribution >= 0.6 is 11.3 Å². The highest BCUT2D eigenvalue weighted by atomic mass is 32.1. The average molecular weight is 552 g/mol. The van der Waals surface area contributed by atoms with Gasteiger partial charge in [0.2, 0.25) is 0 Å². The molecule has 7 aromatic carbocycles. The van der Waals surface area contributed by atoms with Crippen LogP contribution in [0.2, 0.25) is 0 Å². The van der Waals surface area contributed by atoms with Gasteiger partial charge in [-0.1, -0.05) is 121 Å². The van der Waals surface area contributed by atoms with Crippen LogP contribution in [0.4, 0.5) is 0 Å². The Balaban J connectivity index is 1.41. The first-order chi connectivity index (χ1) is 20.9. The van der Waals surface area contributed by atoms with Gasteiger partial charge in [-0.2, -0.15) is 0 Å². The summed E-state index contributed by atoms with van der Waals surface area (Å²) in [4.78, 5) is 0. The second-order valence-electron chi connectivity index (χ2n) is 10.9. The van der Waals surface area contributed by atoms with Gasteiger partial charge >= 0.3 is 0 Å². The van der Waals surface area contributed by atoms with Gasteiger partial charge in [-0.15, -0.1) is 11.3 Å². The second-order valence-corrected chi connectivity index (χ2v) is 11.9. The summed E-state index contributed by atoms with van der Waals surface area (Å²) in [6.07, 6.45) is 0. The molecule has 2 aromatic heterocycles. The molecule has 1 nitrogen and oxygen atoms in total. The molecule has 0 saturated heterocycles. The summed E-state index contributed by atoms with van der Waals surface area (Å²) in [6.45, 7) is 0. The van der Waals surface area contributed by atoms with Gasteiger partial charge in [0.05, 0.1) is 15.7 Å². The van der Waals surface area contributed by atoms with Crippen molar-refractivity contribution in [3.63, 3.8) is 0 Å². The van der Waals surface area contributed by atoms with Crippen LogP contribution in [-0.4, -0.2) is 4.57 Å². The molecule has 0 aliphatic carbocycles. The van der Waals surface area contributed by atoms with E-state index in [1.165, 1.54) is 80.7 Å². The van der Waals surface area contributed by atoms with Crippen LogP contribution in [0, 0.1) is 0 Å². The number of aromatic nitrogens is 1. The van der Waals surface area contributed by atoms with Crippen LogP contribution in [0.5, 0.6) is 0 Å². The molecule has 9 rings (SSSR count). The van der Waals surface area contributed by atoms with Crippen LogP contribution in [-0.2, 0) is 0 Å². The number of rotatable bonds is 3. The Kier molecular flexibility index (Phi) is 5.13. The molecule has 9 aromatic rings. The zero-order chi connectivity index (χ0) is 27.6. The Labute approximate surface area is 247 Å². The highest BCUT2D eigenvalue weighted by Crippen LogP contribution is 2.47. The van der Waals surface area contributed by atoms with E-state index in [0.29, 0.717) is 0 Å². The lowest BCUT2D eigenvalue weighted by atomic mass is 9.86. The zero-order valence-corrected chi connectivity index (χ0v) is 23.6. The highest BCUT2D eigenvalue weighted by Gasteiger charge is 2.20.